The molecule has 1 unspecified atom stereocenters. The Morgan fingerprint density at radius 3 is 2.71 bits per heavy atom. The van der Waals surface area contributed by atoms with E-state index in [0.717, 1.165) is 19.4 Å². The number of aliphatic hydroxyl groups excluding tert-OH is 1. The third kappa shape index (κ3) is 7.10. The lowest BCUT2D eigenvalue weighted by Gasteiger charge is -2.13. The summed E-state index contributed by atoms with van der Waals surface area (Å²) in [6.07, 6.45) is 2.23. The molecule has 2 N–H and O–H groups in total. The van der Waals surface area contributed by atoms with Crippen LogP contribution in [0.5, 0.6) is 0 Å². The number of hydrogen-bond acceptors (Lipinski definition) is 3. The SMILES string of the molecule is CC(CCc1ccccc1)NCCOCCO. The van der Waals surface area contributed by atoms with E-state index in [0.29, 0.717) is 19.3 Å². The van der Waals surface area contributed by atoms with E-state index in [-0.39, 0.29) is 6.61 Å². The second-order valence-electron chi connectivity index (χ2n) is 4.22. The Labute approximate surface area is 104 Å². The number of aliphatic hydroxyl groups is 1. The number of nitrogens with one attached hydrogen (secondary N) is 1. The molecule has 0 heterocycles. The number of ether oxygens (including phenoxy) is 1. The van der Waals surface area contributed by atoms with Gasteiger partial charge in [0, 0.05) is 12.6 Å². The zero-order valence-corrected chi connectivity index (χ0v) is 10.6. The average Bonchev–Trinajstić information content (AvgIpc) is 2.37. The summed E-state index contributed by atoms with van der Waals surface area (Å²) in [5.74, 6) is 0. The molecule has 0 bridgehead atoms. The van der Waals surface area contributed by atoms with Gasteiger partial charge in [0.15, 0.2) is 0 Å². The third-order valence-electron chi connectivity index (χ3n) is 2.68. The van der Waals surface area contributed by atoms with Crippen molar-refractivity contribution in [2.24, 2.45) is 0 Å². The minimum atomic E-state index is 0.101. The van der Waals surface area contributed by atoms with Gasteiger partial charge in [-0.2, -0.15) is 0 Å². The summed E-state index contributed by atoms with van der Waals surface area (Å²) in [5.41, 5.74) is 1.39. The Morgan fingerprint density at radius 1 is 1.24 bits per heavy atom. The van der Waals surface area contributed by atoms with Crippen LogP contribution in [0.1, 0.15) is 18.9 Å². The van der Waals surface area contributed by atoms with Crippen molar-refractivity contribution >= 4 is 0 Å². The monoisotopic (exact) mass is 237 g/mol. The summed E-state index contributed by atoms with van der Waals surface area (Å²) in [5, 5.41) is 11.9. The van der Waals surface area contributed by atoms with Crippen LogP contribution in [0.25, 0.3) is 0 Å². The molecule has 3 heteroatoms. The van der Waals surface area contributed by atoms with Crippen LogP contribution in [0, 0.1) is 0 Å². The lowest BCUT2D eigenvalue weighted by atomic mass is 10.1. The molecule has 0 aliphatic carbocycles. The molecule has 0 aliphatic rings. The molecule has 0 aliphatic heterocycles. The van der Waals surface area contributed by atoms with Gasteiger partial charge >= 0.3 is 0 Å². The first-order valence-corrected chi connectivity index (χ1v) is 6.29. The van der Waals surface area contributed by atoms with Gasteiger partial charge in [-0.1, -0.05) is 30.3 Å². The molecule has 1 aromatic rings. The summed E-state index contributed by atoms with van der Waals surface area (Å²) in [6, 6.07) is 11.0. The summed E-state index contributed by atoms with van der Waals surface area (Å²) < 4.78 is 5.18. The zero-order chi connectivity index (χ0) is 12.3. The topological polar surface area (TPSA) is 41.5 Å². The van der Waals surface area contributed by atoms with Crippen molar-refractivity contribution in [1.29, 1.82) is 0 Å². The maximum atomic E-state index is 8.54. The van der Waals surface area contributed by atoms with Gasteiger partial charge in [-0.05, 0) is 25.3 Å². The molecular weight excluding hydrogens is 214 g/mol. The Bertz CT molecular complexity index is 277. The van der Waals surface area contributed by atoms with Crippen LogP contribution in [0.2, 0.25) is 0 Å². The van der Waals surface area contributed by atoms with Crippen molar-refractivity contribution in [2.75, 3.05) is 26.4 Å². The smallest absolute Gasteiger partial charge is 0.0698 e. The van der Waals surface area contributed by atoms with Crippen LogP contribution in [-0.2, 0) is 11.2 Å². The van der Waals surface area contributed by atoms with Crippen molar-refractivity contribution in [1.82, 2.24) is 5.32 Å². The van der Waals surface area contributed by atoms with Gasteiger partial charge in [-0.3, -0.25) is 0 Å². The quantitative estimate of drug-likeness (QED) is 0.641. The number of benzene rings is 1. The summed E-state index contributed by atoms with van der Waals surface area (Å²) in [6.45, 7) is 4.23. The van der Waals surface area contributed by atoms with E-state index in [1.165, 1.54) is 5.56 Å². The molecule has 0 spiro atoms. The lowest BCUT2D eigenvalue weighted by Crippen LogP contribution is -2.30. The van der Waals surface area contributed by atoms with E-state index in [9.17, 15) is 0 Å². The van der Waals surface area contributed by atoms with E-state index in [1.807, 2.05) is 6.07 Å². The standard InChI is InChI=1S/C14H23NO2/c1-13(15-9-11-17-12-10-16)7-8-14-5-3-2-4-6-14/h2-6,13,15-16H,7-12H2,1H3. The van der Waals surface area contributed by atoms with E-state index in [1.54, 1.807) is 0 Å². The molecule has 0 aromatic heterocycles. The zero-order valence-electron chi connectivity index (χ0n) is 10.6. The Morgan fingerprint density at radius 2 is 2.00 bits per heavy atom. The first-order valence-electron chi connectivity index (χ1n) is 6.29. The molecule has 17 heavy (non-hydrogen) atoms. The fourth-order valence-corrected chi connectivity index (χ4v) is 1.67. The predicted octanol–water partition coefficient (Wildman–Crippen LogP) is 1.61. The highest BCUT2D eigenvalue weighted by Gasteiger charge is 2.01. The van der Waals surface area contributed by atoms with Gasteiger partial charge in [0.2, 0.25) is 0 Å². The van der Waals surface area contributed by atoms with Gasteiger partial charge < -0.3 is 15.2 Å². The van der Waals surface area contributed by atoms with Crippen LogP contribution in [-0.4, -0.2) is 37.5 Å². The van der Waals surface area contributed by atoms with Gasteiger partial charge in [-0.25, -0.2) is 0 Å². The molecule has 96 valence electrons. The molecule has 0 amide bonds. The summed E-state index contributed by atoms with van der Waals surface area (Å²) >= 11 is 0. The third-order valence-corrected chi connectivity index (χ3v) is 2.68. The highest BCUT2D eigenvalue weighted by atomic mass is 16.5. The second-order valence-corrected chi connectivity index (χ2v) is 4.22. The summed E-state index contributed by atoms with van der Waals surface area (Å²) in [4.78, 5) is 0. The predicted molar refractivity (Wildman–Crippen MR) is 70.1 cm³/mol. The number of aryl methyl sites for hydroxylation is 1. The van der Waals surface area contributed by atoms with Crippen LogP contribution < -0.4 is 5.32 Å². The van der Waals surface area contributed by atoms with Crippen LogP contribution in [0.3, 0.4) is 0 Å². The largest absolute Gasteiger partial charge is 0.394 e. The first kappa shape index (κ1) is 14.2. The van der Waals surface area contributed by atoms with Crippen molar-refractivity contribution in [3.05, 3.63) is 35.9 Å². The molecular formula is C14H23NO2. The van der Waals surface area contributed by atoms with Crippen LogP contribution >= 0.6 is 0 Å². The molecule has 3 nitrogen and oxygen atoms in total. The molecule has 0 saturated heterocycles. The maximum Gasteiger partial charge on any atom is 0.0698 e. The Kier molecular flexibility index (Phi) is 7.63. The fourth-order valence-electron chi connectivity index (χ4n) is 1.67. The fraction of sp³-hybridized carbons (Fsp3) is 0.571. The van der Waals surface area contributed by atoms with Crippen molar-refractivity contribution < 1.29 is 9.84 Å². The normalized spacial score (nSPS) is 12.6. The van der Waals surface area contributed by atoms with Crippen molar-refractivity contribution in [3.63, 3.8) is 0 Å². The molecule has 0 fully saturated rings. The van der Waals surface area contributed by atoms with Crippen LogP contribution in [0.4, 0.5) is 0 Å². The lowest BCUT2D eigenvalue weighted by molar-refractivity contribution is 0.0927. The molecule has 0 radical (unpaired) electrons. The second kappa shape index (κ2) is 9.16. The van der Waals surface area contributed by atoms with Crippen LogP contribution in [0.15, 0.2) is 30.3 Å². The highest BCUT2D eigenvalue weighted by molar-refractivity contribution is 5.14. The number of hydrogen-bond donors (Lipinski definition) is 2. The average molecular weight is 237 g/mol. The van der Waals surface area contributed by atoms with Gasteiger partial charge in [0.25, 0.3) is 0 Å². The van der Waals surface area contributed by atoms with Crippen molar-refractivity contribution in [2.45, 2.75) is 25.8 Å². The highest BCUT2D eigenvalue weighted by Crippen LogP contribution is 2.04. The molecule has 0 saturated carbocycles. The van der Waals surface area contributed by atoms with E-state index in [4.69, 9.17) is 9.84 Å². The van der Waals surface area contributed by atoms with E-state index >= 15 is 0 Å². The Hall–Kier alpha value is -0.900. The van der Waals surface area contributed by atoms with E-state index < -0.39 is 0 Å². The first-order chi connectivity index (χ1) is 8.33. The van der Waals surface area contributed by atoms with E-state index in [2.05, 4.69) is 36.5 Å². The van der Waals surface area contributed by atoms with Gasteiger partial charge in [0.05, 0.1) is 19.8 Å². The summed E-state index contributed by atoms with van der Waals surface area (Å²) in [7, 11) is 0. The minimum Gasteiger partial charge on any atom is -0.394 e. The molecule has 1 atom stereocenters. The molecule has 1 aromatic carbocycles. The molecule has 1 rings (SSSR count). The van der Waals surface area contributed by atoms with Gasteiger partial charge in [-0.15, -0.1) is 0 Å². The maximum absolute atomic E-state index is 8.54. The minimum absolute atomic E-state index is 0.101. The number of rotatable bonds is 9. The Balaban J connectivity index is 2.03. The van der Waals surface area contributed by atoms with Gasteiger partial charge in [0.1, 0.15) is 0 Å². The van der Waals surface area contributed by atoms with Crippen molar-refractivity contribution in [3.8, 4) is 0 Å².